The van der Waals surface area contributed by atoms with Gasteiger partial charge in [-0.05, 0) is 49.5 Å². The molecular weight excluding hydrogens is 220 g/mol. The Morgan fingerprint density at radius 3 is 2.39 bits per heavy atom. The zero-order valence-corrected chi connectivity index (χ0v) is 12.8. The fourth-order valence-electron chi connectivity index (χ4n) is 3.18. The van der Waals surface area contributed by atoms with E-state index in [2.05, 4.69) is 37.9 Å². The lowest BCUT2D eigenvalue weighted by Gasteiger charge is -2.40. The third-order valence-corrected chi connectivity index (χ3v) is 4.52. The molecule has 1 aliphatic carbocycles. The first-order valence-corrected chi connectivity index (χ1v) is 8.00. The molecular formula is C16H32N2. The van der Waals surface area contributed by atoms with Crippen LogP contribution in [0.15, 0.2) is 0 Å². The summed E-state index contributed by atoms with van der Waals surface area (Å²) in [4.78, 5) is 2.70. The standard InChI is InChI=1S/C16H32N2/c1-12(2)9-18-10-15(13(3)4)7-16(11-18)17-8-14-5-6-14/h12-17H,5-11H2,1-4H3. The lowest BCUT2D eigenvalue weighted by atomic mass is 9.85. The molecule has 1 aliphatic heterocycles. The second-order valence-corrected chi connectivity index (χ2v) is 7.40. The van der Waals surface area contributed by atoms with E-state index in [9.17, 15) is 0 Å². The van der Waals surface area contributed by atoms with Crippen molar-refractivity contribution in [2.24, 2.45) is 23.7 Å². The highest BCUT2D eigenvalue weighted by atomic mass is 15.2. The molecule has 2 fully saturated rings. The molecule has 1 saturated heterocycles. The van der Waals surface area contributed by atoms with Gasteiger partial charge in [-0.1, -0.05) is 27.7 Å². The van der Waals surface area contributed by atoms with E-state index in [1.54, 1.807) is 0 Å². The zero-order valence-electron chi connectivity index (χ0n) is 12.8. The van der Waals surface area contributed by atoms with Crippen LogP contribution in [0.4, 0.5) is 0 Å². The summed E-state index contributed by atoms with van der Waals surface area (Å²) in [5.41, 5.74) is 0. The van der Waals surface area contributed by atoms with Crippen LogP contribution in [0.5, 0.6) is 0 Å². The Morgan fingerprint density at radius 1 is 1.11 bits per heavy atom. The molecule has 0 aromatic heterocycles. The maximum absolute atomic E-state index is 3.83. The van der Waals surface area contributed by atoms with Crippen LogP contribution < -0.4 is 5.32 Å². The minimum atomic E-state index is 0.741. The molecule has 2 heteroatoms. The smallest absolute Gasteiger partial charge is 0.0198 e. The predicted octanol–water partition coefficient (Wildman–Crippen LogP) is 2.99. The average molecular weight is 252 g/mol. The minimum absolute atomic E-state index is 0.741. The lowest BCUT2D eigenvalue weighted by Crippen LogP contribution is -2.51. The van der Waals surface area contributed by atoms with Crippen LogP contribution in [-0.4, -0.2) is 37.1 Å². The van der Waals surface area contributed by atoms with Gasteiger partial charge in [0.25, 0.3) is 0 Å². The van der Waals surface area contributed by atoms with E-state index < -0.39 is 0 Å². The SMILES string of the molecule is CC(C)CN1CC(NCC2CC2)CC(C(C)C)C1. The fourth-order valence-corrected chi connectivity index (χ4v) is 3.18. The van der Waals surface area contributed by atoms with Gasteiger partial charge in [-0.25, -0.2) is 0 Å². The molecule has 0 aromatic carbocycles. The van der Waals surface area contributed by atoms with E-state index in [1.807, 2.05) is 0 Å². The maximum atomic E-state index is 3.83. The van der Waals surface area contributed by atoms with Gasteiger partial charge in [-0.2, -0.15) is 0 Å². The zero-order chi connectivity index (χ0) is 13.1. The first-order valence-electron chi connectivity index (χ1n) is 8.00. The Labute approximate surface area is 114 Å². The van der Waals surface area contributed by atoms with Crippen molar-refractivity contribution in [3.8, 4) is 0 Å². The van der Waals surface area contributed by atoms with Crippen LogP contribution in [0.3, 0.4) is 0 Å². The summed E-state index contributed by atoms with van der Waals surface area (Å²) in [6, 6.07) is 0.741. The van der Waals surface area contributed by atoms with Gasteiger partial charge in [0, 0.05) is 25.7 Å². The van der Waals surface area contributed by atoms with Gasteiger partial charge in [-0.15, -0.1) is 0 Å². The van der Waals surface area contributed by atoms with Gasteiger partial charge in [0.15, 0.2) is 0 Å². The van der Waals surface area contributed by atoms with Gasteiger partial charge in [0.05, 0.1) is 0 Å². The van der Waals surface area contributed by atoms with E-state index in [-0.39, 0.29) is 0 Å². The second-order valence-electron chi connectivity index (χ2n) is 7.40. The van der Waals surface area contributed by atoms with Crippen molar-refractivity contribution in [1.29, 1.82) is 0 Å². The molecule has 2 unspecified atom stereocenters. The van der Waals surface area contributed by atoms with Crippen molar-refractivity contribution in [2.45, 2.75) is 53.0 Å². The highest BCUT2D eigenvalue weighted by Crippen LogP contribution is 2.29. The van der Waals surface area contributed by atoms with E-state index in [0.29, 0.717) is 0 Å². The molecule has 0 radical (unpaired) electrons. The largest absolute Gasteiger partial charge is 0.312 e. The molecule has 2 rings (SSSR count). The minimum Gasteiger partial charge on any atom is -0.312 e. The number of hydrogen-bond donors (Lipinski definition) is 1. The Kier molecular flexibility index (Phi) is 5.08. The van der Waals surface area contributed by atoms with Crippen LogP contribution in [0, 0.1) is 23.7 Å². The van der Waals surface area contributed by atoms with Crippen LogP contribution >= 0.6 is 0 Å². The van der Waals surface area contributed by atoms with Crippen molar-refractivity contribution in [2.75, 3.05) is 26.2 Å². The molecule has 0 spiro atoms. The topological polar surface area (TPSA) is 15.3 Å². The Hall–Kier alpha value is -0.0800. The average Bonchev–Trinajstić information content (AvgIpc) is 3.08. The van der Waals surface area contributed by atoms with Gasteiger partial charge in [0.2, 0.25) is 0 Å². The molecule has 106 valence electrons. The maximum Gasteiger partial charge on any atom is 0.0198 e. The third kappa shape index (κ3) is 4.55. The summed E-state index contributed by atoms with van der Waals surface area (Å²) in [5.74, 6) is 3.50. The Morgan fingerprint density at radius 2 is 1.83 bits per heavy atom. The number of nitrogens with one attached hydrogen (secondary N) is 1. The summed E-state index contributed by atoms with van der Waals surface area (Å²) in [5, 5.41) is 3.83. The Bertz CT molecular complexity index is 245. The second kappa shape index (κ2) is 6.38. The summed E-state index contributed by atoms with van der Waals surface area (Å²) < 4.78 is 0. The first-order chi connectivity index (χ1) is 8.54. The van der Waals surface area contributed by atoms with E-state index in [1.165, 1.54) is 45.4 Å². The van der Waals surface area contributed by atoms with Gasteiger partial charge in [-0.3, -0.25) is 0 Å². The fraction of sp³-hybridized carbons (Fsp3) is 1.00. The first kappa shape index (κ1) is 14.3. The van der Waals surface area contributed by atoms with Crippen molar-refractivity contribution in [3.05, 3.63) is 0 Å². The van der Waals surface area contributed by atoms with Gasteiger partial charge < -0.3 is 10.2 Å². The van der Waals surface area contributed by atoms with E-state index in [0.717, 1.165) is 29.7 Å². The summed E-state index contributed by atoms with van der Waals surface area (Å²) >= 11 is 0. The number of hydrogen-bond acceptors (Lipinski definition) is 2. The van der Waals surface area contributed by atoms with Crippen LogP contribution in [0.1, 0.15) is 47.0 Å². The predicted molar refractivity (Wildman–Crippen MR) is 78.7 cm³/mol. The number of piperidine rings is 1. The van der Waals surface area contributed by atoms with Crippen molar-refractivity contribution >= 4 is 0 Å². The summed E-state index contributed by atoms with van der Waals surface area (Å²) in [7, 11) is 0. The van der Waals surface area contributed by atoms with E-state index >= 15 is 0 Å². The quantitative estimate of drug-likeness (QED) is 0.782. The molecule has 1 saturated carbocycles. The Balaban J connectivity index is 1.83. The highest BCUT2D eigenvalue weighted by Gasteiger charge is 2.30. The molecule has 2 atom stereocenters. The van der Waals surface area contributed by atoms with Crippen molar-refractivity contribution < 1.29 is 0 Å². The number of nitrogens with zero attached hydrogens (tertiary/aromatic N) is 1. The van der Waals surface area contributed by atoms with Crippen LogP contribution in [0.2, 0.25) is 0 Å². The molecule has 2 aliphatic rings. The lowest BCUT2D eigenvalue weighted by molar-refractivity contribution is 0.105. The highest BCUT2D eigenvalue weighted by molar-refractivity contribution is 4.87. The molecule has 18 heavy (non-hydrogen) atoms. The summed E-state index contributed by atoms with van der Waals surface area (Å²) in [6.45, 7) is 14.6. The third-order valence-electron chi connectivity index (χ3n) is 4.52. The van der Waals surface area contributed by atoms with Crippen molar-refractivity contribution in [1.82, 2.24) is 10.2 Å². The van der Waals surface area contributed by atoms with Crippen LogP contribution in [0.25, 0.3) is 0 Å². The molecule has 1 N–H and O–H groups in total. The van der Waals surface area contributed by atoms with Gasteiger partial charge in [0.1, 0.15) is 0 Å². The number of likely N-dealkylation sites (tertiary alicyclic amines) is 1. The molecule has 2 nitrogen and oxygen atoms in total. The van der Waals surface area contributed by atoms with Crippen molar-refractivity contribution in [3.63, 3.8) is 0 Å². The number of rotatable bonds is 6. The van der Waals surface area contributed by atoms with Crippen LogP contribution in [-0.2, 0) is 0 Å². The molecule has 0 bridgehead atoms. The van der Waals surface area contributed by atoms with Gasteiger partial charge >= 0.3 is 0 Å². The molecule has 0 aromatic rings. The molecule has 1 heterocycles. The summed E-state index contributed by atoms with van der Waals surface area (Å²) in [6.07, 6.45) is 4.31. The molecule has 0 amide bonds. The monoisotopic (exact) mass is 252 g/mol. The normalized spacial score (nSPS) is 30.3. The van der Waals surface area contributed by atoms with E-state index in [4.69, 9.17) is 0 Å².